The number of nitrogens with zero attached hydrogens (tertiary/aromatic N) is 1. The highest BCUT2D eigenvalue weighted by atomic mass is 79.9. The third kappa shape index (κ3) is 3.93. The zero-order valence-electron chi connectivity index (χ0n) is 16.6. The number of likely N-dealkylation sites (N-methyl/N-ethyl adjacent to an activating group) is 1. The lowest BCUT2D eigenvalue weighted by Crippen LogP contribution is -2.37. The molecule has 1 atom stereocenters. The van der Waals surface area contributed by atoms with Crippen LogP contribution in [0, 0.1) is 5.82 Å². The average Bonchev–Trinajstić information content (AvgIpc) is 3.08. The number of aliphatic carboxylic acids is 1. The van der Waals surface area contributed by atoms with E-state index in [1.54, 1.807) is 0 Å². The maximum atomic E-state index is 13.9. The van der Waals surface area contributed by atoms with Gasteiger partial charge in [0.2, 0.25) is 0 Å². The fraction of sp³-hybridized carbons (Fsp3) is 0.167. The van der Waals surface area contributed by atoms with E-state index in [0.29, 0.717) is 0 Å². The molecule has 0 fully saturated rings. The van der Waals surface area contributed by atoms with Crippen molar-refractivity contribution in [1.29, 1.82) is 0 Å². The summed E-state index contributed by atoms with van der Waals surface area (Å²) in [5.41, 5.74) is 4.46. The molecule has 0 saturated heterocycles. The van der Waals surface area contributed by atoms with Gasteiger partial charge in [-0.3, -0.25) is 4.90 Å². The smallest absolute Gasteiger partial charge is 0.410 e. The first-order valence-corrected chi connectivity index (χ1v) is 10.4. The second-order valence-corrected chi connectivity index (χ2v) is 8.18. The van der Waals surface area contributed by atoms with E-state index < -0.39 is 23.9 Å². The maximum Gasteiger partial charge on any atom is 0.410 e. The summed E-state index contributed by atoms with van der Waals surface area (Å²) in [5, 5.41) is 9.66. The Kier molecular flexibility index (Phi) is 5.78. The van der Waals surface area contributed by atoms with Gasteiger partial charge in [0, 0.05) is 13.0 Å². The monoisotopic (exact) mass is 483 g/mol. The maximum absolute atomic E-state index is 13.9. The van der Waals surface area contributed by atoms with E-state index >= 15 is 0 Å². The number of carboxylic acids is 1. The van der Waals surface area contributed by atoms with Crippen LogP contribution in [-0.4, -0.2) is 35.7 Å². The van der Waals surface area contributed by atoms with Crippen LogP contribution in [0.1, 0.15) is 28.7 Å². The normalized spacial score (nSPS) is 13.3. The molecule has 0 spiro atoms. The number of hydrogen-bond donors (Lipinski definition) is 1. The Labute approximate surface area is 187 Å². The van der Waals surface area contributed by atoms with Crippen LogP contribution in [0.3, 0.4) is 0 Å². The van der Waals surface area contributed by atoms with Crippen LogP contribution in [0.5, 0.6) is 0 Å². The lowest BCUT2D eigenvalue weighted by Gasteiger charge is -2.25. The van der Waals surface area contributed by atoms with Crippen LogP contribution in [-0.2, 0) is 9.53 Å². The first kappa shape index (κ1) is 21.1. The molecule has 0 radical (unpaired) electrons. The summed E-state index contributed by atoms with van der Waals surface area (Å²) in [6.07, 6.45) is -0.794. The average molecular weight is 484 g/mol. The van der Waals surface area contributed by atoms with Gasteiger partial charge in [0.15, 0.2) is 6.04 Å². The Morgan fingerprint density at radius 2 is 1.65 bits per heavy atom. The van der Waals surface area contributed by atoms with E-state index in [-0.39, 0.29) is 22.6 Å². The lowest BCUT2D eigenvalue weighted by atomic mass is 9.98. The summed E-state index contributed by atoms with van der Waals surface area (Å²) in [6.45, 7) is 0.0677. The van der Waals surface area contributed by atoms with Crippen molar-refractivity contribution in [3.63, 3.8) is 0 Å². The number of hydrogen-bond acceptors (Lipinski definition) is 3. The quantitative estimate of drug-likeness (QED) is 0.513. The molecule has 0 heterocycles. The third-order valence-corrected chi connectivity index (χ3v) is 6.15. The van der Waals surface area contributed by atoms with Crippen LogP contribution >= 0.6 is 15.9 Å². The Morgan fingerprint density at radius 3 is 2.19 bits per heavy atom. The van der Waals surface area contributed by atoms with Crippen LogP contribution in [0.2, 0.25) is 0 Å². The Morgan fingerprint density at radius 1 is 1.06 bits per heavy atom. The molecule has 1 unspecified atom stereocenters. The first-order chi connectivity index (χ1) is 14.9. The van der Waals surface area contributed by atoms with Crippen molar-refractivity contribution in [3.8, 4) is 11.1 Å². The summed E-state index contributed by atoms with van der Waals surface area (Å²) in [6, 6.07) is 18.5. The minimum atomic E-state index is -1.38. The lowest BCUT2D eigenvalue weighted by molar-refractivity contribution is -0.142. The van der Waals surface area contributed by atoms with E-state index in [1.807, 2.05) is 48.5 Å². The van der Waals surface area contributed by atoms with Crippen molar-refractivity contribution < 1.29 is 23.8 Å². The third-order valence-electron chi connectivity index (χ3n) is 5.50. The number of carbonyl (C=O) groups is 2. The van der Waals surface area contributed by atoms with Crippen molar-refractivity contribution >= 4 is 28.0 Å². The Hall–Kier alpha value is -3.19. The molecule has 1 amide bonds. The van der Waals surface area contributed by atoms with Crippen LogP contribution in [0.15, 0.2) is 71.2 Å². The highest BCUT2D eigenvalue weighted by molar-refractivity contribution is 9.10. The molecule has 1 aliphatic carbocycles. The number of halogens is 2. The van der Waals surface area contributed by atoms with E-state index in [0.717, 1.165) is 33.2 Å². The zero-order valence-corrected chi connectivity index (χ0v) is 18.2. The zero-order chi connectivity index (χ0) is 22.1. The van der Waals surface area contributed by atoms with Gasteiger partial charge < -0.3 is 9.84 Å². The summed E-state index contributed by atoms with van der Waals surface area (Å²) in [7, 11) is 1.33. The second-order valence-electron chi connectivity index (χ2n) is 7.33. The second kappa shape index (κ2) is 8.51. The van der Waals surface area contributed by atoms with Gasteiger partial charge in [0.25, 0.3) is 0 Å². The molecule has 1 N–H and O–H groups in total. The molecular weight excluding hydrogens is 465 g/mol. The van der Waals surface area contributed by atoms with Gasteiger partial charge in [-0.15, -0.1) is 0 Å². The fourth-order valence-corrected chi connectivity index (χ4v) is 4.26. The number of amides is 1. The predicted molar refractivity (Wildman–Crippen MR) is 117 cm³/mol. The van der Waals surface area contributed by atoms with Gasteiger partial charge in [-0.1, -0.05) is 54.6 Å². The molecule has 31 heavy (non-hydrogen) atoms. The minimum Gasteiger partial charge on any atom is -0.479 e. The van der Waals surface area contributed by atoms with E-state index in [2.05, 4.69) is 15.9 Å². The largest absolute Gasteiger partial charge is 0.479 e. The van der Waals surface area contributed by atoms with Crippen molar-refractivity contribution in [1.82, 2.24) is 4.90 Å². The SMILES string of the molecule is CN(C(=O)OCC1c2ccccc2-c2ccccc21)C(C(=O)O)c1ccc(Br)c(F)c1. The molecular formula is C24H19BrFNO4. The standard InChI is InChI=1S/C24H19BrFNO4/c1-27(22(23(28)29)14-10-11-20(25)21(26)12-14)24(30)31-13-19-17-8-4-2-6-15(17)16-7-3-5-9-18(16)19/h2-12,19,22H,13H2,1H3,(H,28,29). The Bertz CT molecular complexity index is 1120. The highest BCUT2D eigenvalue weighted by Crippen LogP contribution is 2.44. The van der Waals surface area contributed by atoms with Crippen molar-refractivity contribution in [2.24, 2.45) is 0 Å². The van der Waals surface area contributed by atoms with Crippen LogP contribution in [0.4, 0.5) is 9.18 Å². The van der Waals surface area contributed by atoms with Gasteiger partial charge in [0.1, 0.15) is 12.4 Å². The van der Waals surface area contributed by atoms with E-state index in [4.69, 9.17) is 4.74 Å². The van der Waals surface area contributed by atoms with Crippen LogP contribution < -0.4 is 0 Å². The predicted octanol–water partition coefficient (Wildman–Crippen LogP) is 5.59. The number of rotatable bonds is 5. The number of fused-ring (bicyclic) bond motifs is 3. The number of carboxylic acid groups (broad SMARTS) is 1. The fourth-order valence-electron chi connectivity index (χ4n) is 4.02. The topological polar surface area (TPSA) is 66.8 Å². The number of carbonyl (C=O) groups excluding carboxylic acids is 1. The van der Waals surface area contributed by atoms with Crippen molar-refractivity contribution in [2.75, 3.05) is 13.7 Å². The van der Waals surface area contributed by atoms with Gasteiger partial charge in [-0.2, -0.15) is 0 Å². The molecule has 0 aliphatic heterocycles. The molecule has 3 aromatic rings. The molecule has 0 saturated carbocycles. The van der Waals surface area contributed by atoms with Gasteiger partial charge in [-0.05, 0) is 55.9 Å². The van der Waals surface area contributed by atoms with Gasteiger partial charge in [0.05, 0.1) is 4.47 Å². The molecule has 0 bridgehead atoms. The Balaban J connectivity index is 1.54. The molecule has 0 aromatic heterocycles. The summed E-state index contributed by atoms with van der Waals surface area (Å²) in [4.78, 5) is 25.5. The van der Waals surface area contributed by atoms with Gasteiger partial charge in [-0.25, -0.2) is 14.0 Å². The molecule has 7 heteroatoms. The summed E-state index contributed by atoms with van der Waals surface area (Å²) in [5.74, 6) is -2.03. The molecule has 158 valence electrons. The van der Waals surface area contributed by atoms with E-state index in [9.17, 15) is 19.1 Å². The minimum absolute atomic E-state index is 0.0677. The first-order valence-electron chi connectivity index (χ1n) is 9.64. The summed E-state index contributed by atoms with van der Waals surface area (Å²) >= 11 is 3.04. The van der Waals surface area contributed by atoms with Crippen molar-refractivity contribution in [3.05, 3.63) is 93.7 Å². The number of ether oxygens (including phenoxy) is 1. The summed E-state index contributed by atoms with van der Waals surface area (Å²) < 4.78 is 19.7. The van der Waals surface area contributed by atoms with E-state index in [1.165, 1.54) is 19.2 Å². The van der Waals surface area contributed by atoms with Crippen LogP contribution in [0.25, 0.3) is 11.1 Å². The van der Waals surface area contributed by atoms with Crippen molar-refractivity contribution in [2.45, 2.75) is 12.0 Å². The number of benzene rings is 3. The molecule has 3 aromatic carbocycles. The molecule has 4 rings (SSSR count). The molecule has 1 aliphatic rings. The molecule has 5 nitrogen and oxygen atoms in total. The highest BCUT2D eigenvalue weighted by Gasteiger charge is 2.33. The van der Waals surface area contributed by atoms with Gasteiger partial charge >= 0.3 is 12.1 Å².